The highest BCUT2D eigenvalue weighted by atomic mass is 19.3. The molecule has 7 rings (SSSR count). The molecule has 11 heteroatoms. The zero-order valence-electron chi connectivity index (χ0n) is 24.9. The Hall–Kier alpha value is -4.54. The number of amides is 1. The summed E-state index contributed by atoms with van der Waals surface area (Å²) in [5.41, 5.74) is 4.79. The molecule has 0 N–H and O–H groups in total. The fourth-order valence-corrected chi connectivity index (χ4v) is 6.19. The van der Waals surface area contributed by atoms with Gasteiger partial charge in [-0.2, -0.15) is 5.10 Å². The molecule has 1 aliphatic heterocycles. The third-order valence-corrected chi connectivity index (χ3v) is 8.92. The molecular formula is C33H34F2N6O3. The SMILES string of the molecule is COc1ccc([C@@H](C)N2C[C@H]([C@@H](C)Oc3nc(-c4ccc5c(cnn5CC(F)F)c4)cc4ncn(C5CC5)c34)CC2=O)cc1. The molecule has 2 aromatic carbocycles. The van der Waals surface area contributed by atoms with Crippen LogP contribution in [0.3, 0.4) is 0 Å². The van der Waals surface area contributed by atoms with Crippen LogP contribution >= 0.6 is 0 Å². The quantitative estimate of drug-likeness (QED) is 0.184. The maximum absolute atomic E-state index is 13.2. The number of benzene rings is 2. The van der Waals surface area contributed by atoms with Crippen molar-refractivity contribution in [2.24, 2.45) is 5.92 Å². The largest absolute Gasteiger partial charge is 0.497 e. The van der Waals surface area contributed by atoms with Crippen LogP contribution in [0.4, 0.5) is 8.78 Å². The third-order valence-electron chi connectivity index (χ3n) is 8.92. The second kappa shape index (κ2) is 11.2. The molecule has 4 heterocycles. The van der Waals surface area contributed by atoms with Crippen LogP contribution in [0.2, 0.25) is 0 Å². The van der Waals surface area contributed by atoms with E-state index in [2.05, 4.69) is 9.67 Å². The van der Waals surface area contributed by atoms with Crippen molar-refractivity contribution in [1.82, 2.24) is 29.2 Å². The lowest BCUT2D eigenvalue weighted by molar-refractivity contribution is -0.129. The Balaban J connectivity index is 1.17. The van der Waals surface area contributed by atoms with Crippen molar-refractivity contribution < 1.29 is 23.0 Å². The smallest absolute Gasteiger partial charge is 0.257 e. The molecule has 1 aliphatic carbocycles. The van der Waals surface area contributed by atoms with Crippen LogP contribution in [-0.4, -0.2) is 61.3 Å². The van der Waals surface area contributed by atoms with E-state index >= 15 is 0 Å². The molecular weight excluding hydrogens is 566 g/mol. The van der Waals surface area contributed by atoms with Gasteiger partial charge in [0.2, 0.25) is 11.8 Å². The summed E-state index contributed by atoms with van der Waals surface area (Å²) in [5.74, 6) is 1.35. The number of nitrogens with zero attached hydrogens (tertiary/aromatic N) is 6. The van der Waals surface area contributed by atoms with Crippen molar-refractivity contribution >= 4 is 27.8 Å². The molecule has 2 aliphatic rings. The highest BCUT2D eigenvalue weighted by Crippen LogP contribution is 2.41. The summed E-state index contributed by atoms with van der Waals surface area (Å²) in [6, 6.07) is 15.6. The van der Waals surface area contributed by atoms with Crippen molar-refractivity contribution in [3.05, 3.63) is 66.6 Å². The van der Waals surface area contributed by atoms with Gasteiger partial charge in [0.15, 0.2) is 0 Å². The fraction of sp³-hybridized carbons (Fsp3) is 0.394. The Labute approximate surface area is 253 Å². The summed E-state index contributed by atoms with van der Waals surface area (Å²) in [4.78, 5) is 24.8. The molecule has 5 aromatic rings. The lowest BCUT2D eigenvalue weighted by Gasteiger charge is -2.27. The number of hydrogen-bond donors (Lipinski definition) is 0. The van der Waals surface area contributed by atoms with Crippen molar-refractivity contribution in [2.75, 3.05) is 13.7 Å². The highest BCUT2D eigenvalue weighted by Gasteiger charge is 2.37. The summed E-state index contributed by atoms with van der Waals surface area (Å²) >= 11 is 0. The van der Waals surface area contributed by atoms with Gasteiger partial charge in [0, 0.05) is 35.9 Å². The first-order chi connectivity index (χ1) is 21.3. The topological polar surface area (TPSA) is 87.3 Å². The van der Waals surface area contributed by atoms with Crippen LogP contribution in [0.1, 0.15) is 50.8 Å². The number of fused-ring (bicyclic) bond motifs is 2. The van der Waals surface area contributed by atoms with Crippen LogP contribution in [-0.2, 0) is 11.3 Å². The lowest BCUT2D eigenvalue weighted by atomic mass is 10.0. The lowest BCUT2D eigenvalue weighted by Crippen LogP contribution is -2.31. The highest BCUT2D eigenvalue weighted by molar-refractivity contribution is 5.88. The van der Waals surface area contributed by atoms with Crippen LogP contribution in [0.25, 0.3) is 33.2 Å². The third kappa shape index (κ3) is 5.24. The molecule has 3 atom stereocenters. The molecule has 1 saturated carbocycles. The van der Waals surface area contributed by atoms with Gasteiger partial charge in [-0.3, -0.25) is 9.48 Å². The molecule has 0 bridgehead atoms. The van der Waals surface area contributed by atoms with Crippen LogP contribution in [0, 0.1) is 5.92 Å². The Bertz CT molecular complexity index is 1830. The second-order valence-corrected chi connectivity index (χ2v) is 11.8. The van der Waals surface area contributed by atoms with Gasteiger partial charge in [-0.25, -0.2) is 18.7 Å². The Morgan fingerprint density at radius 2 is 1.86 bits per heavy atom. The molecule has 44 heavy (non-hydrogen) atoms. The van der Waals surface area contributed by atoms with Crippen molar-refractivity contribution in [3.63, 3.8) is 0 Å². The van der Waals surface area contributed by atoms with Crippen LogP contribution in [0.15, 0.2) is 61.1 Å². The monoisotopic (exact) mass is 600 g/mol. The summed E-state index contributed by atoms with van der Waals surface area (Å²) in [6.07, 6.45) is 3.23. The van der Waals surface area contributed by atoms with E-state index in [4.69, 9.17) is 19.4 Å². The maximum Gasteiger partial charge on any atom is 0.257 e. The van der Waals surface area contributed by atoms with Crippen LogP contribution < -0.4 is 9.47 Å². The van der Waals surface area contributed by atoms with Gasteiger partial charge >= 0.3 is 0 Å². The first kappa shape index (κ1) is 28.2. The predicted molar refractivity (Wildman–Crippen MR) is 162 cm³/mol. The average molecular weight is 601 g/mol. The van der Waals surface area contributed by atoms with E-state index in [0.29, 0.717) is 36.1 Å². The number of methoxy groups -OCH3 is 1. The standard InChI is InChI=1S/C33H34F2N6O3/c1-19(21-4-9-26(43-3)10-5-21)39-16-24(13-31(39)42)20(2)44-33-32-28(36-18-40(32)25-7-8-25)14-27(38-33)22-6-11-29-23(12-22)15-37-41(29)17-30(34)35/h4-6,9-12,14-15,18-20,24-25,30H,7-8,13,16-17H2,1-3H3/t19-,20-,24-/m1/s1. The van der Waals surface area contributed by atoms with E-state index in [9.17, 15) is 13.6 Å². The summed E-state index contributed by atoms with van der Waals surface area (Å²) in [5, 5.41) is 4.89. The minimum atomic E-state index is -2.49. The number of aromatic nitrogens is 5. The number of halogens is 2. The Morgan fingerprint density at radius 1 is 1.07 bits per heavy atom. The van der Waals surface area contributed by atoms with E-state index in [-0.39, 0.29) is 24.0 Å². The zero-order chi connectivity index (χ0) is 30.5. The Morgan fingerprint density at radius 3 is 2.59 bits per heavy atom. The van der Waals surface area contributed by atoms with E-state index < -0.39 is 13.0 Å². The number of pyridine rings is 1. The van der Waals surface area contributed by atoms with E-state index in [1.54, 1.807) is 19.4 Å². The van der Waals surface area contributed by atoms with Crippen molar-refractivity contribution in [1.29, 1.82) is 0 Å². The van der Waals surface area contributed by atoms with Gasteiger partial charge in [-0.1, -0.05) is 18.2 Å². The molecule has 2 fully saturated rings. The molecule has 228 valence electrons. The average Bonchev–Trinajstić information content (AvgIpc) is 3.46. The van der Waals surface area contributed by atoms with E-state index in [0.717, 1.165) is 46.1 Å². The number of ether oxygens (including phenoxy) is 2. The van der Waals surface area contributed by atoms with Gasteiger partial charge in [-0.15, -0.1) is 0 Å². The fourth-order valence-electron chi connectivity index (χ4n) is 6.19. The summed E-state index contributed by atoms with van der Waals surface area (Å²) in [6.45, 7) is 4.17. The first-order valence-electron chi connectivity index (χ1n) is 15.0. The van der Waals surface area contributed by atoms with Crippen molar-refractivity contribution in [2.45, 2.75) is 64.3 Å². The number of imidazole rings is 1. The van der Waals surface area contributed by atoms with E-state index in [1.165, 1.54) is 4.68 Å². The van der Waals surface area contributed by atoms with Gasteiger partial charge in [0.25, 0.3) is 6.43 Å². The summed E-state index contributed by atoms with van der Waals surface area (Å²) < 4.78 is 41.4. The minimum absolute atomic E-state index is 0.0157. The number of carbonyl (C=O) groups excluding carboxylic acids is 1. The van der Waals surface area contributed by atoms with Gasteiger partial charge in [0.05, 0.1) is 42.4 Å². The van der Waals surface area contributed by atoms with Crippen molar-refractivity contribution in [3.8, 4) is 22.9 Å². The molecule has 0 spiro atoms. The normalized spacial score (nSPS) is 18.5. The molecule has 1 saturated heterocycles. The molecule has 0 unspecified atom stereocenters. The predicted octanol–water partition coefficient (Wildman–Crippen LogP) is 6.43. The van der Waals surface area contributed by atoms with Crippen LogP contribution in [0.5, 0.6) is 11.6 Å². The number of hydrogen-bond acceptors (Lipinski definition) is 6. The molecule has 3 aromatic heterocycles. The molecule has 9 nitrogen and oxygen atoms in total. The van der Waals surface area contributed by atoms with Gasteiger partial charge in [0.1, 0.15) is 23.9 Å². The number of carbonyl (C=O) groups is 1. The zero-order valence-corrected chi connectivity index (χ0v) is 24.9. The van der Waals surface area contributed by atoms with Gasteiger partial charge < -0.3 is 18.9 Å². The molecule has 0 radical (unpaired) electrons. The second-order valence-electron chi connectivity index (χ2n) is 11.8. The van der Waals surface area contributed by atoms with E-state index in [1.807, 2.05) is 67.5 Å². The minimum Gasteiger partial charge on any atom is -0.497 e. The Kier molecular flexibility index (Phi) is 7.18. The molecule has 1 amide bonds. The summed E-state index contributed by atoms with van der Waals surface area (Å²) in [7, 11) is 1.64. The number of rotatable bonds is 10. The number of alkyl halides is 2. The van der Waals surface area contributed by atoms with Gasteiger partial charge in [-0.05, 0) is 62.6 Å². The maximum atomic E-state index is 13.2. The number of likely N-dealkylation sites (tertiary alicyclic amines) is 1. The first-order valence-corrected chi connectivity index (χ1v) is 15.0.